The van der Waals surface area contributed by atoms with Crippen molar-refractivity contribution in [1.82, 2.24) is 10.6 Å². The normalized spacial score (nSPS) is 13.2. The molecule has 0 saturated carbocycles. The number of nitrogens with one attached hydrogen (secondary N) is 2. The van der Waals surface area contributed by atoms with Crippen molar-refractivity contribution < 1.29 is 14.9 Å². The number of hydrogen-bond donors (Lipinski definition) is 3. The van der Waals surface area contributed by atoms with Gasteiger partial charge in [-0.2, -0.15) is 0 Å². The maximum absolute atomic E-state index is 12.2. The average molecular weight is 403 g/mol. The van der Waals surface area contributed by atoms with Gasteiger partial charge in [-0.15, -0.1) is 11.3 Å². The number of thiophene rings is 1. The van der Waals surface area contributed by atoms with Gasteiger partial charge in [-0.3, -0.25) is 9.59 Å². The Hall–Kier alpha value is -2.18. The fourth-order valence-electron chi connectivity index (χ4n) is 3.00. The molecule has 0 saturated heterocycles. The predicted octanol–water partition coefficient (Wildman–Crippen LogP) is 2.56. The van der Waals surface area contributed by atoms with Crippen molar-refractivity contribution in [3.8, 4) is 0 Å². The number of nitrogens with two attached hydrogens (primary N) is 1. The minimum atomic E-state index is -0.168. The molecule has 2 atom stereocenters. The van der Waals surface area contributed by atoms with Gasteiger partial charge in [0.15, 0.2) is 6.54 Å². The van der Waals surface area contributed by atoms with E-state index in [2.05, 4.69) is 60.2 Å². The minimum absolute atomic E-state index is 0.0120. The zero-order valence-corrected chi connectivity index (χ0v) is 18.0. The Bertz CT molecular complexity index is 742. The molecule has 1 aromatic carbocycles. The molecule has 28 heavy (non-hydrogen) atoms. The van der Waals surface area contributed by atoms with Gasteiger partial charge in [-0.1, -0.05) is 44.2 Å². The SMILES string of the molecule is CC[C@@H](C)c1ccc([C@H]([NH2+]CC(=O)NCC(=O)NC(C)C)c2cccs2)cc1. The van der Waals surface area contributed by atoms with Crippen LogP contribution in [0.15, 0.2) is 41.8 Å². The molecule has 1 heterocycles. The molecule has 0 aliphatic rings. The number of quaternary nitrogens is 1. The lowest BCUT2D eigenvalue weighted by Crippen LogP contribution is -2.87. The Kier molecular flexibility index (Phi) is 8.67. The van der Waals surface area contributed by atoms with Crippen molar-refractivity contribution in [2.75, 3.05) is 13.1 Å². The third kappa shape index (κ3) is 6.77. The van der Waals surface area contributed by atoms with Crippen LogP contribution >= 0.6 is 11.3 Å². The van der Waals surface area contributed by atoms with Crippen LogP contribution in [0.4, 0.5) is 0 Å². The maximum Gasteiger partial charge on any atom is 0.275 e. The van der Waals surface area contributed by atoms with Gasteiger partial charge in [0.25, 0.3) is 5.91 Å². The van der Waals surface area contributed by atoms with Crippen molar-refractivity contribution in [1.29, 1.82) is 0 Å². The van der Waals surface area contributed by atoms with Crippen LogP contribution in [0.2, 0.25) is 0 Å². The summed E-state index contributed by atoms with van der Waals surface area (Å²) in [6.07, 6.45) is 1.12. The highest BCUT2D eigenvalue weighted by Crippen LogP contribution is 2.25. The summed E-state index contributed by atoms with van der Waals surface area (Å²) < 4.78 is 0. The standard InChI is InChI=1S/C22H31N3O2S/c1-5-16(4)17-8-10-18(11-9-17)22(19-7-6-12-28-19)24-13-20(26)23-14-21(27)25-15(2)3/h6-12,15-16,22,24H,5,13-14H2,1-4H3,(H,23,26)(H,25,27)/p+1/t16-,22+/m1/s1. The lowest BCUT2D eigenvalue weighted by molar-refractivity contribution is -0.676. The zero-order valence-electron chi connectivity index (χ0n) is 17.2. The lowest BCUT2D eigenvalue weighted by Gasteiger charge is -2.16. The van der Waals surface area contributed by atoms with E-state index in [9.17, 15) is 9.59 Å². The van der Waals surface area contributed by atoms with Crippen LogP contribution in [0, 0.1) is 0 Å². The first-order valence-corrected chi connectivity index (χ1v) is 10.8. The molecule has 5 nitrogen and oxygen atoms in total. The Morgan fingerprint density at radius 1 is 1.04 bits per heavy atom. The average Bonchev–Trinajstić information content (AvgIpc) is 3.20. The van der Waals surface area contributed by atoms with Crippen molar-refractivity contribution in [2.24, 2.45) is 0 Å². The molecular weight excluding hydrogens is 370 g/mol. The molecule has 6 heteroatoms. The van der Waals surface area contributed by atoms with Crippen LogP contribution in [-0.4, -0.2) is 30.9 Å². The summed E-state index contributed by atoms with van der Waals surface area (Å²) in [5.41, 5.74) is 2.52. The van der Waals surface area contributed by atoms with E-state index in [1.807, 2.05) is 25.2 Å². The van der Waals surface area contributed by atoms with Gasteiger partial charge >= 0.3 is 0 Å². The number of rotatable bonds is 10. The summed E-state index contributed by atoms with van der Waals surface area (Å²) in [6.45, 7) is 8.50. The second-order valence-electron chi connectivity index (χ2n) is 7.41. The molecular formula is C22H32N3O2S+. The van der Waals surface area contributed by atoms with Crippen molar-refractivity contribution in [2.45, 2.75) is 52.1 Å². The van der Waals surface area contributed by atoms with E-state index in [0.29, 0.717) is 5.92 Å². The van der Waals surface area contributed by atoms with Crippen LogP contribution in [0.1, 0.15) is 62.1 Å². The molecule has 1 aromatic heterocycles. The zero-order chi connectivity index (χ0) is 20.5. The highest BCUT2D eigenvalue weighted by atomic mass is 32.1. The van der Waals surface area contributed by atoms with Crippen LogP contribution < -0.4 is 16.0 Å². The van der Waals surface area contributed by atoms with Gasteiger partial charge < -0.3 is 16.0 Å². The van der Waals surface area contributed by atoms with E-state index < -0.39 is 0 Å². The topological polar surface area (TPSA) is 74.8 Å². The maximum atomic E-state index is 12.2. The largest absolute Gasteiger partial charge is 0.352 e. The van der Waals surface area contributed by atoms with Crippen molar-refractivity contribution >= 4 is 23.2 Å². The van der Waals surface area contributed by atoms with Gasteiger partial charge in [0.1, 0.15) is 6.04 Å². The summed E-state index contributed by atoms with van der Waals surface area (Å²) >= 11 is 1.69. The minimum Gasteiger partial charge on any atom is -0.352 e. The predicted molar refractivity (Wildman–Crippen MR) is 114 cm³/mol. The number of amides is 2. The molecule has 2 rings (SSSR count). The van der Waals surface area contributed by atoms with Gasteiger partial charge in [0.05, 0.1) is 11.4 Å². The fraction of sp³-hybridized carbons (Fsp3) is 0.455. The number of benzene rings is 1. The Morgan fingerprint density at radius 2 is 1.71 bits per heavy atom. The molecule has 0 radical (unpaired) electrons. The van der Waals surface area contributed by atoms with Crippen LogP contribution in [0.25, 0.3) is 0 Å². The van der Waals surface area contributed by atoms with E-state index in [1.165, 1.54) is 16.0 Å². The van der Waals surface area contributed by atoms with Crippen molar-refractivity contribution in [3.63, 3.8) is 0 Å². The third-order valence-electron chi connectivity index (χ3n) is 4.76. The lowest BCUT2D eigenvalue weighted by atomic mass is 9.95. The fourth-order valence-corrected chi connectivity index (χ4v) is 3.85. The number of carbonyl (C=O) groups excluding carboxylic acids is 2. The second kappa shape index (κ2) is 11.0. The molecule has 152 valence electrons. The summed E-state index contributed by atoms with van der Waals surface area (Å²) in [6, 6.07) is 13.0. The third-order valence-corrected chi connectivity index (χ3v) is 5.72. The molecule has 0 aliphatic carbocycles. The number of carbonyl (C=O) groups is 2. The monoisotopic (exact) mass is 402 g/mol. The smallest absolute Gasteiger partial charge is 0.275 e. The molecule has 0 bridgehead atoms. The first kappa shape index (κ1) is 22.1. The summed E-state index contributed by atoms with van der Waals surface area (Å²) in [5, 5.41) is 9.54. The van der Waals surface area contributed by atoms with Gasteiger partial charge in [0, 0.05) is 11.6 Å². The van der Waals surface area contributed by atoms with E-state index in [-0.39, 0.29) is 37.0 Å². The first-order chi connectivity index (χ1) is 13.4. The van der Waals surface area contributed by atoms with Crippen LogP contribution in [0.3, 0.4) is 0 Å². The van der Waals surface area contributed by atoms with E-state index in [1.54, 1.807) is 11.3 Å². The molecule has 0 aliphatic heterocycles. The molecule has 0 unspecified atom stereocenters. The summed E-state index contributed by atoms with van der Waals surface area (Å²) in [7, 11) is 0. The highest BCUT2D eigenvalue weighted by molar-refractivity contribution is 7.10. The molecule has 0 fully saturated rings. The van der Waals surface area contributed by atoms with Gasteiger partial charge in [0.2, 0.25) is 5.91 Å². The van der Waals surface area contributed by atoms with E-state index in [4.69, 9.17) is 0 Å². The summed E-state index contributed by atoms with van der Waals surface area (Å²) in [4.78, 5) is 25.1. The number of hydrogen-bond acceptors (Lipinski definition) is 3. The molecule has 2 aromatic rings. The Morgan fingerprint density at radius 3 is 2.29 bits per heavy atom. The van der Waals surface area contributed by atoms with Crippen LogP contribution in [0.5, 0.6) is 0 Å². The second-order valence-corrected chi connectivity index (χ2v) is 8.39. The first-order valence-electron chi connectivity index (χ1n) is 9.93. The Balaban J connectivity index is 1.99. The van der Waals surface area contributed by atoms with Crippen molar-refractivity contribution in [3.05, 3.63) is 57.8 Å². The van der Waals surface area contributed by atoms with Gasteiger partial charge in [-0.05, 0) is 43.2 Å². The summed E-state index contributed by atoms with van der Waals surface area (Å²) in [5.74, 6) is 0.233. The molecule has 2 amide bonds. The van der Waals surface area contributed by atoms with E-state index >= 15 is 0 Å². The highest BCUT2D eigenvalue weighted by Gasteiger charge is 2.20. The molecule has 0 spiro atoms. The Labute approximate surface area is 171 Å². The quantitative estimate of drug-likeness (QED) is 0.571. The van der Waals surface area contributed by atoms with Crippen LogP contribution in [-0.2, 0) is 9.59 Å². The molecule has 4 N–H and O–H groups in total. The van der Waals surface area contributed by atoms with E-state index in [0.717, 1.165) is 6.42 Å². The van der Waals surface area contributed by atoms with Gasteiger partial charge in [-0.25, -0.2) is 0 Å².